The first-order valence-corrected chi connectivity index (χ1v) is 7.84. The van der Waals surface area contributed by atoms with Gasteiger partial charge in [0.05, 0.1) is 11.2 Å². The summed E-state index contributed by atoms with van der Waals surface area (Å²) in [6, 6.07) is 0. The molecule has 0 radical (unpaired) electrons. The van der Waals surface area contributed by atoms with E-state index in [-0.39, 0.29) is 5.56 Å². The molecule has 5 nitrogen and oxygen atoms in total. The summed E-state index contributed by atoms with van der Waals surface area (Å²) in [4.78, 5) is 26.8. The van der Waals surface area contributed by atoms with E-state index >= 15 is 0 Å². The lowest BCUT2D eigenvalue weighted by Crippen LogP contribution is -2.43. The predicted molar refractivity (Wildman–Crippen MR) is 78.3 cm³/mol. The van der Waals surface area contributed by atoms with E-state index in [1.165, 1.54) is 17.0 Å². The molecule has 4 rings (SSSR count). The van der Waals surface area contributed by atoms with Crippen LogP contribution in [0.3, 0.4) is 0 Å². The van der Waals surface area contributed by atoms with Gasteiger partial charge in [0, 0.05) is 30.4 Å². The van der Waals surface area contributed by atoms with Crippen LogP contribution in [-0.4, -0.2) is 28.0 Å². The fourth-order valence-corrected chi connectivity index (χ4v) is 4.41. The second-order valence-corrected chi connectivity index (χ2v) is 6.74. The van der Waals surface area contributed by atoms with Crippen molar-refractivity contribution in [1.29, 1.82) is 0 Å². The molecule has 0 saturated carbocycles. The van der Waals surface area contributed by atoms with Crippen LogP contribution in [0, 0.1) is 5.41 Å². The molecule has 20 heavy (non-hydrogen) atoms. The lowest BCUT2D eigenvalue weighted by Gasteiger charge is -2.39. The Kier molecular flexibility index (Phi) is 2.66. The van der Waals surface area contributed by atoms with E-state index in [4.69, 9.17) is 0 Å². The Bertz CT molecular complexity index is 662. The van der Waals surface area contributed by atoms with Gasteiger partial charge in [0.15, 0.2) is 5.82 Å². The van der Waals surface area contributed by atoms with Gasteiger partial charge in [-0.25, -0.2) is 9.97 Å². The molecule has 2 aliphatic rings. The maximum absolute atomic E-state index is 11.8. The fraction of sp³-hybridized carbons (Fsp3) is 0.500. The third kappa shape index (κ3) is 1.86. The average molecular weight is 288 g/mol. The molecule has 1 aliphatic heterocycles. The van der Waals surface area contributed by atoms with Crippen molar-refractivity contribution >= 4 is 17.2 Å². The second kappa shape index (κ2) is 4.41. The third-order valence-corrected chi connectivity index (χ3v) is 5.49. The number of hydrogen-bond acceptors (Lipinski definition) is 5. The van der Waals surface area contributed by atoms with Gasteiger partial charge in [-0.3, -0.25) is 4.79 Å². The van der Waals surface area contributed by atoms with Gasteiger partial charge in [0.25, 0.3) is 5.56 Å². The summed E-state index contributed by atoms with van der Waals surface area (Å²) >= 11 is 1.79. The summed E-state index contributed by atoms with van der Waals surface area (Å²) in [5.74, 6) is 0.563. The lowest BCUT2D eigenvalue weighted by atomic mass is 9.76. The molecule has 2 aromatic heterocycles. The van der Waals surface area contributed by atoms with Gasteiger partial charge < -0.3 is 9.88 Å². The number of nitrogens with zero attached hydrogens (tertiary/aromatic N) is 3. The first kappa shape index (κ1) is 12.1. The van der Waals surface area contributed by atoms with Crippen LogP contribution in [0.15, 0.2) is 22.7 Å². The SMILES string of the molecule is O=c1[nH]ccnc1N1CCC2(CC1)Cc1ncsc1C2. The highest BCUT2D eigenvalue weighted by Crippen LogP contribution is 2.45. The van der Waals surface area contributed by atoms with E-state index in [9.17, 15) is 4.79 Å². The quantitative estimate of drug-likeness (QED) is 0.866. The highest BCUT2D eigenvalue weighted by atomic mass is 32.1. The van der Waals surface area contributed by atoms with E-state index in [1.807, 2.05) is 5.51 Å². The Morgan fingerprint density at radius 2 is 2.10 bits per heavy atom. The van der Waals surface area contributed by atoms with Crippen molar-refractivity contribution in [2.45, 2.75) is 25.7 Å². The normalized spacial score (nSPS) is 20.3. The van der Waals surface area contributed by atoms with Crippen LogP contribution < -0.4 is 10.5 Å². The van der Waals surface area contributed by atoms with E-state index in [1.54, 1.807) is 23.7 Å². The highest BCUT2D eigenvalue weighted by Gasteiger charge is 2.41. The first-order chi connectivity index (χ1) is 9.76. The van der Waals surface area contributed by atoms with Crippen molar-refractivity contribution in [2.75, 3.05) is 18.0 Å². The van der Waals surface area contributed by atoms with Crippen LogP contribution in [0.1, 0.15) is 23.4 Å². The Morgan fingerprint density at radius 3 is 2.85 bits per heavy atom. The summed E-state index contributed by atoms with van der Waals surface area (Å²) in [6.07, 6.45) is 7.74. The van der Waals surface area contributed by atoms with E-state index in [0.29, 0.717) is 11.2 Å². The Labute approximate surface area is 120 Å². The molecule has 6 heteroatoms. The van der Waals surface area contributed by atoms with Crippen LogP contribution in [0.5, 0.6) is 0 Å². The fourth-order valence-electron chi connectivity index (χ4n) is 3.46. The zero-order chi connectivity index (χ0) is 13.6. The Hall–Kier alpha value is -1.69. The molecule has 0 aromatic carbocycles. The van der Waals surface area contributed by atoms with E-state index in [2.05, 4.69) is 19.9 Å². The summed E-state index contributed by atoms with van der Waals surface area (Å²) in [6.45, 7) is 1.82. The van der Waals surface area contributed by atoms with Gasteiger partial charge in [0.2, 0.25) is 0 Å². The van der Waals surface area contributed by atoms with Crippen LogP contribution in [-0.2, 0) is 12.8 Å². The molecular weight excluding hydrogens is 272 g/mol. The number of anilines is 1. The number of rotatable bonds is 1. The van der Waals surface area contributed by atoms with Crippen molar-refractivity contribution in [2.24, 2.45) is 5.41 Å². The Balaban J connectivity index is 1.51. The molecule has 3 heterocycles. The molecule has 0 bridgehead atoms. The number of nitrogens with one attached hydrogen (secondary N) is 1. The molecule has 0 amide bonds. The molecule has 104 valence electrons. The monoisotopic (exact) mass is 288 g/mol. The van der Waals surface area contributed by atoms with Crippen LogP contribution in [0.2, 0.25) is 0 Å². The first-order valence-electron chi connectivity index (χ1n) is 6.96. The van der Waals surface area contributed by atoms with Crippen molar-refractivity contribution in [3.63, 3.8) is 0 Å². The van der Waals surface area contributed by atoms with Gasteiger partial charge in [-0.15, -0.1) is 11.3 Å². The molecule has 1 N–H and O–H groups in total. The second-order valence-electron chi connectivity index (χ2n) is 5.80. The molecule has 2 aromatic rings. The lowest BCUT2D eigenvalue weighted by molar-refractivity contribution is 0.231. The third-order valence-electron chi connectivity index (χ3n) is 4.62. The minimum Gasteiger partial charge on any atom is -0.352 e. The number of aromatic amines is 1. The highest BCUT2D eigenvalue weighted by molar-refractivity contribution is 7.09. The standard InChI is InChI=1S/C14H16N4OS/c19-13-12(15-3-4-16-13)18-5-1-14(2-6-18)7-10-11(8-14)20-9-17-10/h3-4,9H,1-2,5-8H2,(H,16,19). The molecule has 0 unspecified atom stereocenters. The summed E-state index contributed by atoms with van der Waals surface area (Å²) in [5.41, 5.74) is 3.56. The number of H-pyrrole nitrogens is 1. The summed E-state index contributed by atoms with van der Waals surface area (Å²) in [5, 5.41) is 0. The molecule has 1 fully saturated rings. The Morgan fingerprint density at radius 1 is 1.25 bits per heavy atom. The van der Waals surface area contributed by atoms with Gasteiger partial charge in [-0.05, 0) is 31.1 Å². The summed E-state index contributed by atoms with van der Waals surface area (Å²) < 4.78 is 0. The number of thiazole rings is 1. The molecule has 1 spiro atoms. The minimum absolute atomic E-state index is 0.0874. The average Bonchev–Trinajstić information content (AvgIpc) is 3.00. The van der Waals surface area contributed by atoms with Crippen LogP contribution in [0.4, 0.5) is 5.82 Å². The summed E-state index contributed by atoms with van der Waals surface area (Å²) in [7, 11) is 0. The predicted octanol–water partition coefficient (Wildman–Crippen LogP) is 1.61. The van der Waals surface area contributed by atoms with E-state index in [0.717, 1.165) is 32.4 Å². The smallest absolute Gasteiger partial charge is 0.290 e. The van der Waals surface area contributed by atoms with Crippen molar-refractivity contribution in [3.8, 4) is 0 Å². The van der Waals surface area contributed by atoms with Crippen LogP contribution in [0.25, 0.3) is 0 Å². The van der Waals surface area contributed by atoms with Crippen molar-refractivity contribution in [1.82, 2.24) is 15.0 Å². The molecule has 1 saturated heterocycles. The van der Waals surface area contributed by atoms with Gasteiger partial charge in [0.1, 0.15) is 0 Å². The number of hydrogen-bond donors (Lipinski definition) is 1. The molecule has 0 atom stereocenters. The van der Waals surface area contributed by atoms with Crippen molar-refractivity contribution in [3.05, 3.63) is 38.8 Å². The molecule has 1 aliphatic carbocycles. The maximum atomic E-state index is 11.8. The van der Waals surface area contributed by atoms with Crippen molar-refractivity contribution < 1.29 is 0 Å². The minimum atomic E-state index is -0.0874. The van der Waals surface area contributed by atoms with Gasteiger partial charge >= 0.3 is 0 Å². The van der Waals surface area contributed by atoms with Gasteiger partial charge in [-0.2, -0.15) is 0 Å². The van der Waals surface area contributed by atoms with E-state index < -0.39 is 0 Å². The number of fused-ring (bicyclic) bond motifs is 1. The maximum Gasteiger partial charge on any atom is 0.290 e. The topological polar surface area (TPSA) is 61.9 Å². The largest absolute Gasteiger partial charge is 0.352 e. The zero-order valence-electron chi connectivity index (χ0n) is 11.1. The number of aromatic nitrogens is 3. The zero-order valence-corrected chi connectivity index (χ0v) is 11.9. The van der Waals surface area contributed by atoms with Crippen LogP contribution >= 0.6 is 11.3 Å². The van der Waals surface area contributed by atoms with Gasteiger partial charge in [-0.1, -0.05) is 0 Å². The molecular formula is C14H16N4OS. The number of piperidine rings is 1.